The van der Waals surface area contributed by atoms with Crippen LogP contribution in [0.1, 0.15) is 9.88 Å². The van der Waals surface area contributed by atoms with Gasteiger partial charge in [0.05, 0.1) is 0 Å². The molecular formula is C26H15N3S2Te. The van der Waals surface area contributed by atoms with Crippen LogP contribution in [0.4, 0.5) is 16.4 Å². The second kappa shape index (κ2) is 8.20. The summed E-state index contributed by atoms with van der Waals surface area (Å²) in [5, 5.41) is 11.8. The minimum absolute atomic E-state index is 0.401. The molecule has 1 aliphatic heterocycles. The molecule has 3 aromatic carbocycles. The average Bonchev–Trinajstić information content (AvgIpc) is 3.47. The zero-order valence-electron chi connectivity index (χ0n) is 16.7. The van der Waals surface area contributed by atoms with Crippen molar-refractivity contribution in [1.82, 2.24) is 4.98 Å². The van der Waals surface area contributed by atoms with Gasteiger partial charge in [-0.1, -0.05) is 12.1 Å². The molecule has 0 fully saturated rings. The number of thiazole rings is 1. The molecule has 32 heavy (non-hydrogen) atoms. The van der Waals surface area contributed by atoms with E-state index in [1.54, 1.807) is 22.7 Å². The molecule has 2 aromatic heterocycles. The fraction of sp³-hybridized carbons (Fsp3) is 0. The second-order valence-corrected chi connectivity index (χ2v) is 12.4. The van der Waals surface area contributed by atoms with Gasteiger partial charge in [0.15, 0.2) is 0 Å². The number of para-hydroxylation sites is 3. The SMILES string of the molecule is N#C/C(=C\c1ccc(N2c3ccccc3[Te]c3ccccc32)s1)c1nc2ccccc2s1. The molecule has 0 atom stereocenters. The van der Waals surface area contributed by atoms with Crippen LogP contribution in [0.3, 0.4) is 0 Å². The Labute approximate surface area is 204 Å². The van der Waals surface area contributed by atoms with Crippen LogP contribution in [-0.2, 0) is 0 Å². The van der Waals surface area contributed by atoms with Gasteiger partial charge in [0.25, 0.3) is 0 Å². The molecule has 6 rings (SSSR count). The summed E-state index contributed by atoms with van der Waals surface area (Å²) in [6.45, 7) is 0. The van der Waals surface area contributed by atoms with Crippen LogP contribution in [0, 0.1) is 11.3 Å². The summed E-state index contributed by atoms with van der Waals surface area (Å²) in [6, 6.07) is 32.1. The van der Waals surface area contributed by atoms with Gasteiger partial charge in [-0.3, -0.25) is 0 Å². The second-order valence-electron chi connectivity index (χ2n) is 7.21. The fourth-order valence-electron chi connectivity index (χ4n) is 3.75. The number of allylic oxidation sites excluding steroid dienone is 1. The standard InChI is InChI=1S/C26H15N3S2Te/c27-16-17(26-28-19-7-1-4-10-22(19)31-26)15-18-13-14-25(30-18)29-20-8-2-5-11-23(20)32-24-12-6-3-9-21(24)29/h1-15H/b17-15+. The third kappa shape index (κ3) is 3.45. The molecule has 0 saturated heterocycles. The van der Waals surface area contributed by atoms with E-state index in [-0.39, 0.29) is 0 Å². The summed E-state index contributed by atoms with van der Waals surface area (Å²) in [5.41, 5.74) is 4.09. The van der Waals surface area contributed by atoms with E-state index in [9.17, 15) is 5.26 Å². The van der Waals surface area contributed by atoms with Crippen LogP contribution in [0.15, 0.2) is 84.9 Å². The van der Waals surface area contributed by atoms with E-state index in [2.05, 4.69) is 76.6 Å². The number of hydrogen-bond donors (Lipinski definition) is 0. The first-order valence-corrected chi connectivity index (χ1v) is 14.0. The molecule has 152 valence electrons. The molecule has 0 amide bonds. The van der Waals surface area contributed by atoms with E-state index >= 15 is 0 Å². The number of nitrogens with zero attached hydrogens (tertiary/aromatic N) is 3. The molecule has 0 saturated carbocycles. The van der Waals surface area contributed by atoms with E-state index in [0.717, 1.165) is 25.1 Å². The van der Waals surface area contributed by atoms with Gasteiger partial charge in [0.1, 0.15) is 0 Å². The van der Waals surface area contributed by atoms with Crippen LogP contribution in [-0.4, -0.2) is 25.9 Å². The number of benzene rings is 3. The van der Waals surface area contributed by atoms with Crippen LogP contribution < -0.4 is 12.1 Å². The number of thiophene rings is 1. The van der Waals surface area contributed by atoms with Crippen LogP contribution >= 0.6 is 22.7 Å². The Bertz CT molecular complexity index is 1460. The Morgan fingerprint density at radius 2 is 1.53 bits per heavy atom. The van der Waals surface area contributed by atoms with Crippen molar-refractivity contribution in [3.63, 3.8) is 0 Å². The van der Waals surface area contributed by atoms with Crippen molar-refractivity contribution in [3.8, 4) is 6.07 Å². The number of fused-ring (bicyclic) bond motifs is 3. The number of aromatic nitrogens is 1. The summed E-state index contributed by atoms with van der Waals surface area (Å²) in [6.07, 6.45) is 1.96. The predicted molar refractivity (Wildman–Crippen MR) is 137 cm³/mol. The maximum atomic E-state index is 9.83. The van der Waals surface area contributed by atoms with E-state index in [1.165, 1.54) is 18.6 Å². The van der Waals surface area contributed by atoms with E-state index < -0.39 is 20.9 Å². The molecule has 0 aliphatic carbocycles. The minimum atomic E-state index is -0.401. The van der Waals surface area contributed by atoms with Gasteiger partial charge >= 0.3 is 193 Å². The van der Waals surface area contributed by atoms with Gasteiger partial charge in [-0.15, -0.1) is 0 Å². The molecule has 1 aliphatic rings. The summed E-state index contributed by atoms with van der Waals surface area (Å²) >= 11 is 2.86. The molecule has 5 aromatic rings. The number of nitriles is 1. The molecular weight excluding hydrogens is 546 g/mol. The first kappa shape index (κ1) is 19.7. The van der Waals surface area contributed by atoms with E-state index in [0.29, 0.717) is 5.57 Å². The molecule has 3 nitrogen and oxygen atoms in total. The number of hydrogen-bond acceptors (Lipinski definition) is 5. The molecule has 0 radical (unpaired) electrons. The molecule has 3 heterocycles. The number of rotatable bonds is 3. The average molecular weight is 561 g/mol. The third-order valence-electron chi connectivity index (χ3n) is 5.20. The van der Waals surface area contributed by atoms with Crippen molar-refractivity contribution in [2.24, 2.45) is 0 Å². The zero-order valence-corrected chi connectivity index (χ0v) is 20.7. The molecule has 0 spiro atoms. The Kier molecular flexibility index (Phi) is 5.06. The summed E-state index contributed by atoms with van der Waals surface area (Å²) in [7, 11) is 0. The van der Waals surface area contributed by atoms with Crippen molar-refractivity contribution in [2.75, 3.05) is 4.90 Å². The molecule has 6 heteroatoms. The molecule has 0 unspecified atom stereocenters. The van der Waals surface area contributed by atoms with Gasteiger partial charge < -0.3 is 0 Å². The van der Waals surface area contributed by atoms with Crippen molar-refractivity contribution < 1.29 is 0 Å². The summed E-state index contributed by atoms with van der Waals surface area (Å²) < 4.78 is 4.00. The van der Waals surface area contributed by atoms with Gasteiger partial charge in [-0.05, 0) is 0 Å². The Morgan fingerprint density at radius 3 is 2.25 bits per heavy atom. The Morgan fingerprint density at radius 1 is 0.844 bits per heavy atom. The fourth-order valence-corrected chi connectivity index (χ4v) is 8.68. The van der Waals surface area contributed by atoms with Gasteiger partial charge in [-0.25, -0.2) is 0 Å². The van der Waals surface area contributed by atoms with Gasteiger partial charge in [-0.2, -0.15) is 0 Å². The van der Waals surface area contributed by atoms with Crippen LogP contribution in [0.2, 0.25) is 0 Å². The maximum absolute atomic E-state index is 9.83. The third-order valence-corrected chi connectivity index (χ3v) is 10.5. The van der Waals surface area contributed by atoms with Gasteiger partial charge in [0, 0.05) is 0 Å². The normalized spacial score (nSPS) is 13.0. The predicted octanol–water partition coefficient (Wildman–Crippen LogP) is 5.86. The van der Waals surface area contributed by atoms with Gasteiger partial charge in [0.2, 0.25) is 0 Å². The quantitative estimate of drug-likeness (QED) is 0.201. The van der Waals surface area contributed by atoms with Crippen molar-refractivity contribution in [2.45, 2.75) is 0 Å². The zero-order chi connectivity index (χ0) is 21.5. The Balaban J connectivity index is 1.42. The van der Waals surface area contributed by atoms with E-state index in [1.807, 2.05) is 30.3 Å². The van der Waals surface area contributed by atoms with Crippen LogP contribution in [0.25, 0.3) is 21.9 Å². The molecule has 0 bridgehead atoms. The first-order chi connectivity index (χ1) is 15.8. The number of anilines is 3. The monoisotopic (exact) mass is 563 g/mol. The molecule has 0 N–H and O–H groups in total. The Hall–Kier alpha value is -2.93. The van der Waals surface area contributed by atoms with Crippen molar-refractivity contribution in [1.29, 1.82) is 5.26 Å². The van der Waals surface area contributed by atoms with E-state index in [4.69, 9.17) is 0 Å². The van der Waals surface area contributed by atoms with Crippen molar-refractivity contribution >= 4 is 89.1 Å². The topological polar surface area (TPSA) is 39.9 Å². The van der Waals surface area contributed by atoms with Crippen LogP contribution in [0.5, 0.6) is 0 Å². The summed E-state index contributed by atoms with van der Waals surface area (Å²) in [4.78, 5) is 8.08. The van der Waals surface area contributed by atoms with Crippen molar-refractivity contribution in [3.05, 3.63) is 94.8 Å². The first-order valence-electron chi connectivity index (χ1n) is 10.0. The summed E-state index contributed by atoms with van der Waals surface area (Å²) in [5.74, 6) is 0.